The van der Waals surface area contributed by atoms with Crippen molar-refractivity contribution in [2.45, 2.75) is 134 Å². The fourth-order valence-electron chi connectivity index (χ4n) is 6.18. The fraction of sp³-hybridized carbons (Fsp3) is 0.650. The largest absolute Gasteiger partial charge is 0.382 e. The molecule has 12 nitrogen and oxygen atoms in total. The van der Waals surface area contributed by atoms with Crippen molar-refractivity contribution in [2.75, 3.05) is 39.3 Å². The second-order valence-electron chi connectivity index (χ2n) is 13.8. The molecule has 3 aromatic rings. The van der Waals surface area contributed by atoms with E-state index in [1.54, 1.807) is 10.6 Å². The van der Waals surface area contributed by atoms with E-state index in [1.165, 1.54) is 103 Å². The van der Waals surface area contributed by atoms with Crippen molar-refractivity contribution in [1.82, 2.24) is 14.6 Å². The normalized spacial score (nSPS) is 13.7. The van der Waals surface area contributed by atoms with Gasteiger partial charge in [0.2, 0.25) is 0 Å². The Balaban J connectivity index is 1.38. The molecule has 3 N–H and O–H groups in total. The fourth-order valence-corrected chi connectivity index (χ4v) is 6.87. The van der Waals surface area contributed by atoms with Crippen molar-refractivity contribution in [3.63, 3.8) is 0 Å². The number of hydrogen-bond acceptors (Lipinski definition) is 11. The lowest BCUT2D eigenvalue weighted by Crippen LogP contribution is -2.35. The van der Waals surface area contributed by atoms with E-state index in [4.69, 9.17) is 29.0 Å². The van der Waals surface area contributed by atoms with Gasteiger partial charge >= 0.3 is 8.60 Å². The van der Waals surface area contributed by atoms with Gasteiger partial charge in [0.1, 0.15) is 29.8 Å². The van der Waals surface area contributed by atoms with Crippen molar-refractivity contribution < 1.29 is 32.5 Å². The first kappa shape index (κ1) is 45.1. The first-order chi connectivity index (χ1) is 26.3. The Bertz CT molecular complexity index is 1570. The van der Waals surface area contributed by atoms with Gasteiger partial charge in [0.25, 0.3) is 0 Å². The van der Waals surface area contributed by atoms with Crippen LogP contribution < -0.4 is 5.73 Å². The van der Waals surface area contributed by atoms with Crippen molar-refractivity contribution >= 4 is 19.9 Å². The van der Waals surface area contributed by atoms with Crippen molar-refractivity contribution in [3.05, 3.63) is 59.3 Å². The Kier molecular flexibility index (Phi) is 22.2. The number of hydrogen-bond donors (Lipinski definition) is 2. The second-order valence-corrected chi connectivity index (χ2v) is 14.8. The highest BCUT2D eigenvalue weighted by atomic mass is 31.2. The van der Waals surface area contributed by atoms with Crippen molar-refractivity contribution in [2.24, 2.45) is 0 Å². The van der Waals surface area contributed by atoms with Gasteiger partial charge in [-0.1, -0.05) is 96.8 Å². The summed E-state index contributed by atoms with van der Waals surface area (Å²) in [5.41, 5.74) is 6.73. The number of rotatable bonds is 31. The van der Waals surface area contributed by atoms with Crippen LogP contribution in [-0.2, 0) is 36.3 Å². The Labute approximate surface area is 322 Å². The molecule has 0 spiro atoms. The van der Waals surface area contributed by atoms with E-state index in [-0.39, 0.29) is 38.4 Å². The predicted octanol–water partition coefficient (Wildman–Crippen LogP) is 8.89. The summed E-state index contributed by atoms with van der Waals surface area (Å²) in [6.07, 6.45) is 20.7. The molecule has 298 valence electrons. The van der Waals surface area contributed by atoms with Crippen LogP contribution in [-0.4, -0.2) is 64.7 Å². The van der Waals surface area contributed by atoms with E-state index in [0.717, 1.165) is 24.6 Å². The van der Waals surface area contributed by atoms with Gasteiger partial charge in [-0.15, -0.1) is 0 Å². The van der Waals surface area contributed by atoms with Gasteiger partial charge in [0, 0.05) is 19.4 Å². The highest BCUT2D eigenvalue weighted by molar-refractivity contribution is 7.40. The van der Waals surface area contributed by atoms with E-state index in [9.17, 15) is 19.8 Å². The highest BCUT2D eigenvalue weighted by Crippen LogP contribution is 2.36. The lowest BCUT2D eigenvalue weighted by Gasteiger charge is -2.26. The molecule has 0 amide bonds. The molecule has 0 aliphatic heterocycles. The minimum Gasteiger partial charge on any atom is -0.382 e. The topological polar surface area (TPSA) is 170 Å². The standard InChI is InChI=1S/C40H60FN6O6P/c1-3-4-5-6-7-8-9-10-11-12-13-14-15-16-17-22-50-28-37(51-27-34-23-33(26-42)24-35(41)25-34)29-52-54(48)53-31-40(30-43,49-2)21-20-36-18-19-38-39(44)45-32-46-47(36)38/h18-19,23-25,32,37,48H,3-17,20-22,27-29,31H2,1-2H3,(H2,44,45,46). The summed E-state index contributed by atoms with van der Waals surface area (Å²) >= 11 is 0. The van der Waals surface area contributed by atoms with Gasteiger partial charge in [0.15, 0.2) is 11.4 Å². The van der Waals surface area contributed by atoms with Crippen LogP contribution in [0.4, 0.5) is 10.2 Å². The molecule has 3 unspecified atom stereocenters. The third kappa shape index (κ3) is 17.0. The summed E-state index contributed by atoms with van der Waals surface area (Å²) < 4.78 is 44.4. The first-order valence-corrected chi connectivity index (χ1v) is 20.6. The van der Waals surface area contributed by atoms with Crippen molar-refractivity contribution in [1.29, 1.82) is 10.5 Å². The van der Waals surface area contributed by atoms with Gasteiger partial charge in [-0.25, -0.2) is 13.9 Å². The Hall–Kier alpha value is -3.26. The monoisotopic (exact) mass is 770 g/mol. The van der Waals surface area contributed by atoms with Gasteiger partial charge in [-0.05, 0) is 55.2 Å². The molecule has 0 aliphatic carbocycles. The second kappa shape index (κ2) is 26.5. The zero-order valence-corrected chi connectivity index (χ0v) is 33.1. The molecule has 14 heteroatoms. The maximum atomic E-state index is 14.0. The van der Waals surface area contributed by atoms with Gasteiger partial charge < -0.3 is 33.9 Å². The zero-order valence-electron chi connectivity index (χ0n) is 32.2. The minimum absolute atomic E-state index is 0.0131. The Morgan fingerprint density at radius 1 is 0.926 bits per heavy atom. The molecule has 0 fully saturated rings. The number of ether oxygens (including phenoxy) is 3. The highest BCUT2D eigenvalue weighted by Gasteiger charge is 2.32. The third-order valence-electron chi connectivity index (χ3n) is 9.49. The predicted molar refractivity (Wildman–Crippen MR) is 208 cm³/mol. The quantitative estimate of drug-likeness (QED) is 0.0473. The van der Waals surface area contributed by atoms with Crippen molar-refractivity contribution in [3.8, 4) is 12.1 Å². The summed E-state index contributed by atoms with van der Waals surface area (Å²) in [5, 5.41) is 23.5. The van der Waals surface area contributed by atoms with Crippen LogP contribution in [0.25, 0.3) is 5.52 Å². The Morgan fingerprint density at radius 3 is 2.22 bits per heavy atom. The molecular formula is C40H60FN6O6P. The molecular weight excluding hydrogens is 710 g/mol. The number of anilines is 1. The molecule has 0 radical (unpaired) electrons. The molecule has 3 atom stereocenters. The average molecular weight is 771 g/mol. The van der Waals surface area contributed by atoms with Crippen LogP contribution >= 0.6 is 8.60 Å². The van der Waals surface area contributed by atoms with Gasteiger partial charge in [-0.2, -0.15) is 15.6 Å². The molecule has 0 saturated carbocycles. The Morgan fingerprint density at radius 2 is 1.59 bits per heavy atom. The summed E-state index contributed by atoms with van der Waals surface area (Å²) in [4.78, 5) is 14.6. The number of unbranched alkanes of at least 4 members (excludes halogenated alkanes) is 14. The number of fused-ring (bicyclic) bond motifs is 1. The van der Waals surface area contributed by atoms with E-state index < -0.39 is 26.1 Å². The van der Waals surface area contributed by atoms with Gasteiger partial charge in [-0.3, -0.25) is 0 Å². The number of aromatic nitrogens is 3. The molecule has 0 bridgehead atoms. The molecule has 2 aromatic heterocycles. The first-order valence-electron chi connectivity index (χ1n) is 19.5. The number of nitrogens with two attached hydrogens (primary N) is 1. The zero-order chi connectivity index (χ0) is 38.9. The summed E-state index contributed by atoms with van der Waals surface area (Å²) in [7, 11) is -0.997. The van der Waals surface area contributed by atoms with Crippen LogP contribution in [0.5, 0.6) is 0 Å². The van der Waals surface area contributed by atoms with E-state index >= 15 is 0 Å². The number of nitriles is 2. The maximum absolute atomic E-state index is 14.0. The lowest BCUT2D eigenvalue weighted by molar-refractivity contribution is -0.0510. The molecule has 2 heterocycles. The van der Waals surface area contributed by atoms with Crippen LogP contribution in [0, 0.1) is 28.5 Å². The van der Waals surface area contributed by atoms with E-state index in [2.05, 4.69) is 23.1 Å². The summed E-state index contributed by atoms with van der Waals surface area (Å²) in [5.74, 6) is -0.180. The number of halogens is 1. The minimum atomic E-state index is -2.41. The average Bonchev–Trinajstić information content (AvgIpc) is 3.61. The summed E-state index contributed by atoms with van der Waals surface area (Å²) in [6, 6.07) is 11.8. The number of methoxy groups -OCH3 is 1. The molecule has 54 heavy (non-hydrogen) atoms. The molecule has 1 aromatic carbocycles. The maximum Gasteiger partial charge on any atom is 0.330 e. The van der Waals surface area contributed by atoms with Crippen LogP contribution in [0.15, 0.2) is 36.7 Å². The van der Waals surface area contributed by atoms with Crippen LogP contribution in [0.2, 0.25) is 0 Å². The van der Waals surface area contributed by atoms with E-state index in [1.807, 2.05) is 18.2 Å². The third-order valence-corrected chi connectivity index (χ3v) is 10.2. The van der Waals surface area contributed by atoms with Crippen LogP contribution in [0.1, 0.15) is 126 Å². The number of nitrogens with zero attached hydrogens (tertiary/aromatic N) is 5. The van der Waals surface area contributed by atoms with Crippen LogP contribution in [0.3, 0.4) is 0 Å². The summed E-state index contributed by atoms with van der Waals surface area (Å²) in [6.45, 7) is 2.68. The SMILES string of the molecule is CCCCCCCCCCCCCCCCCOCC(COP(O)OCC(C#N)(CCc1ccc2c(N)ncnn12)OC)OCc1cc(F)cc(C#N)c1. The van der Waals surface area contributed by atoms with E-state index in [0.29, 0.717) is 29.9 Å². The molecule has 0 aliphatic rings. The lowest BCUT2D eigenvalue weighted by atomic mass is 9.99. The molecule has 3 rings (SSSR count). The molecule has 0 saturated heterocycles. The van der Waals surface area contributed by atoms with Gasteiger partial charge in [0.05, 0.1) is 38.1 Å². The number of nitrogen functional groups attached to an aromatic ring is 1. The smallest absolute Gasteiger partial charge is 0.330 e. The number of aryl methyl sites for hydroxylation is 1. The number of benzene rings is 1.